The van der Waals surface area contributed by atoms with Gasteiger partial charge in [0.1, 0.15) is 5.75 Å². The standard InChI is InChI=1S/C20H23Cl2NO2S/c1-13-7-8-16(11-14(13)2)25-15(3)20(24)23-9-10-26-12-17-18(21)5-4-6-19(17)22/h4-8,11,15H,9-10,12H2,1-3H3,(H,23,24)/t15-/m1/s1. The Kier molecular flexibility index (Phi) is 8.14. The predicted octanol–water partition coefficient (Wildman–Crippen LogP) is 5.43. The van der Waals surface area contributed by atoms with E-state index in [0.717, 1.165) is 16.9 Å². The van der Waals surface area contributed by atoms with Gasteiger partial charge in [0.25, 0.3) is 5.91 Å². The third-order valence-electron chi connectivity index (χ3n) is 4.01. The van der Waals surface area contributed by atoms with Gasteiger partial charge in [-0.1, -0.05) is 35.3 Å². The monoisotopic (exact) mass is 411 g/mol. The molecule has 0 aliphatic carbocycles. The number of aryl methyl sites for hydroxylation is 2. The van der Waals surface area contributed by atoms with E-state index >= 15 is 0 Å². The van der Waals surface area contributed by atoms with Crippen molar-refractivity contribution in [2.45, 2.75) is 32.6 Å². The first-order valence-corrected chi connectivity index (χ1v) is 10.3. The first-order chi connectivity index (χ1) is 12.4. The van der Waals surface area contributed by atoms with Gasteiger partial charge in [-0.25, -0.2) is 0 Å². The van der Waals surface area contributed by atoms with Gasteiger partial charge in [-0.2, -0.15) is 11.8 Å². The fraction of sp³-hybridized carbons (Fsp3) is 0.350. The molecule has 1 amide bonds. The first-order valence-electron chi connectivity index (χ1n) is 8.40. The third kappa shape index (κ3) is 6.11. The van der Waals surface area contributed by atoms with Crippen LogP contribution >= 0.6 is 35.0 Å². The Balaban J connectivity index is 1.71. The van der Waals surface area contributed by atoms with Crippen LogP contribution in [-0.2, 0) is 10.5 Å². The molecule has 2 aromatic carbocycles. The van der Waals surface area contributed by atoms with Crippen LogP contribution < -0.4 is 10.1 Å². The summed E-state index contributed by atoms with van der Waals surface area (Å²) in [4.78, 5) is 12.2. The zero-order valence-electron chi connectivity index (χ0n) is 15.1. The van der Waals surface area contributed by atoms with Crippen LogP contribution in [0.3, 0.4) is 0 Å². The molecule has 0 aliphatic heterocycles. The molecule has 0 aromatic heterocycles. The molecule has 0 fully saturated rings. The normalized spacial score (nSPS) is 11.9. The molecule has 1 atom stereocenters. The third-order valence-corrected chi connectivity index (χ3v) is 5.71. The number of carbonyl (C=O) groups excluding carboxylic acids is 1. The van der Waals surface area contributed by atoms with Crippen molar-refractivity contribution in [2.24, 2.45) is 0 Å². The highest BCUT2D eigenvalue weighted by Gasteiger charge is 2.14. The molecule has 26 heavy (non-hydrogen) atoms. The Labute approximate surface area is 169 Å². The number of rotatable bonds is 8. The van der Waals surface area contributed by atoms with E-state index in [1.165, 1.54) is 5.56 Å². The second-order valence-corrected chi connectivity index (χ2v) is 7.97. The van der Waals surface area contributed by atoms with Gasteiger partial charge in [0.2, 0.25) is 0 Å². The van der Waals surface area contributed by atoms with Crippen molar-refractivity contribution in [3.05, 3.63) is 63.1 Å². The lowest BCUT2D eigenvalue weighted by atomic mass is 10.1. The number of hydrogen-bond acceptors (Lipinski definition) is 3. The molecular formula is C20H23Cl2NO2S. The summed E-state index contributed by atoms with van der Waals surface area (Å²) in [6.07, 6.45) is -0.542. The molecule has 3 nitrogen and oxygen atoms in total. The summed E-state index contributed by atoms with van der Waals surface area (Å²) in [7, 11) is 0. The van der Waals surface area contributed by atoms with Gasteiger partial charge in [-0.15, -0.1) is 0 Å². The van der Waals surface area contributed by atoms with Crippen LogP contribution in [0.2, 0.25) is 10.0 Å². The van der Waals surface area contributed by atoms with Crippen LogP contribution in [0.25, 0.3) is 0 Å². The van der Waals surface area contributed by atoms with Gasteiger partial charge in [0, 0.05) is 28.1 Å². The van der Waals surface area contributed by atoms with Gasteiger partial charge < -0.3 is 10.1 Å². The van der Waals surface area contributed by atoms with Crippen molar-refractivity contribution in [1.29, 1.82) is 0 Å². The van der Waals surface area contributed by atoms with Crippen molar-refractivity contribution in [2.75, 3.05) is 12.3 Å². The van der Waals surface area contributed by atoms with Crippen LogP contribution in [0, 0.1) is 13.8 Å². The van der Waals surface area contributed by atoms with Gasteiger partial charge >= 0.3 is 0 Å². The van der Waals surface area contributed by atoms with Crippen molar-refractivity contribution in [3.63, 3.8) is 0 Å². The highest BCUT2D eigenvalue weighted by Crippen LogP contribution is 2.28. The van der Waals surface area contributed by atoms with Gasteiger partial charge in [-0.3, -0.25) is 4.79 Å². The summed E-state index contributed by atoms with van der Waals surface area (Å²) in [5, 5.41) is 4.24. The molecule has 0 aliphatic rings. The molecule has 0 saturated carbocycles. The van der Waals surface area contributed by atoms with Crippen molar-refractivity contribution in [3.8, 4) is 5.75 Å². The summed E-state index contributed by atoms with van der Waals surface area (Å²) in [6.45, 7) is 6.38. The number of amides is 1. The minimum absolute atomic E-state index is 0.125. The minimum Gasteiger partial charge on any atom is -0.481 e. The average molecular weight is 412 g/mol. The topological polar surface area (TPSA) is 38.3 Å². The fourth-order valence-corrected chi connectivity index (χ4v) is 3.87. The lowest BCUT2D eigenvalue weighted by molar-refractivity contribution is -0.127. The molecule has 0 spiro atoms. The number of hydrogen-bond donors (Lipinski definition) is 1. The molecule has 6 heteroatoms. The quantitative estimate of drug-likeness (QED) is 0.588. The van der Waals surface area contributed by atoms with Crippen LogP contribution in [0.15, 0.2) is 36.4 Å². The molecule has 0 heterocycles. The highest BCUT2D eigenvalue weighted by atomic mass is 35.5. The van der Waals surface area contributed by atoms with Gasteiger partial charge in [0.05, 0.1) is 0 Å². The predicted molar refractivity (Wildman–Crippen MR) is 112 cm³/mol. The smallest absolute Gasteiger partial charge is 0.260 e. The van der Waals surface area contributed by atoms with E-state index in [0.29, 0.717) is 28.1 Å². The molecule has 2 aromatic rings. The first kappa shape index (κ1) is 20.9. The van der Waals surface area contributed by atoms with Crippen LogP contribution in [0.5, 0.6) is 5.75 Å². The molecule has 2 rings (SSSR count). The Morgan fingerprint density at radius 2 is 1.85 bits per heavy atom. The SMILES string of the molecule is Cc1ccc(O[C@H](C)C(=O)NCCSCc2c(Cl)cccc2Cl)cc1C. The van der Waals surface area contributed by atoms with Gasteiger partial charge in [0.15, 0.2) is 6.10 Å². The Morgan fingerprint density at radius 1 is 1.15 bits per heavy atom. The van der Waals surface area contributed by atoms with Crippen LogP contribution in [-0.4, -0.2) is 24.3 Å². The fourth-order valence-electron chi connectivity index (χ4n) is 2.28. The molecule has 0 saturated heterocycles. The van der Waals surface area contributed by atoms with Crippen molar-refractivity contribution < 1.29 is 9.53 Å². The van der Waals surface area contributed by atoms with Gasteiger partial charge in [-0.05, 0) is 61.7 Å². The van der Waals surface area contributed by atoms with E-state index in [1.54, 1.807) is 18.7 Å². The molecular weight excluding hydrogens is 389 g/mol. The lowest BCUT2D eigenvalue weighted by Crippen LogP contribution is -2.37. The second kappa shape index (κ2) is 10.1. The summed E-state index contributed by atoms with van der Waals surface area (Å²) < 4.78 is 5.72. The summed E-state index contributed by atoms with van der Waals surface area (Å²) >= 11 is 14.0. The minimum atomic E-state index is -0.542. The molecule has 0 unspecified atom stereocenters. The van der Waals surface area contributed by atoms with E-state index in [9.17, 15) is 4.79 Å². The Hall–Kier alpha value is -1.36. The average Bonchev–Trinajstić information content (AvgIpc) is 2.60. The van der Waals surface area contributed by atoms with E-state index in [-0.39, 0.29) is 5.91 Å². The summed E-state index contributed by atoms with van der Waals surface area (Å²) in [5.41, 5.74) is 3.27. The number of ether oxygens (including phenoxy) is 1. The largest absolute Gasteiger partial charge is 0.481 e. The Morgan fingerprint density at radius 3 is 2.50 bits per heavy atom. The number of thioether (sulfide) groups is 1. The number of nitrogens with one attached hydrogen (secondary N) is 1. The molecule has 1 N–H and O–H groups in total. The number of benzene rings is 2. The van der Waals surface area contributed by atoms with Crippen molar-refractivity contribution >= 4 is 40.9 Å². The maximum Gasteiger partial charge on any atom is 0.260 e. The van der Waals surface area contributed by atoms with Crippen LogP contribution in [0.4, 0.5) is 0 Å². The Bertz CT molecular complexity index is 747. The molecule has 0 radical (unpaired) electrons. The zero-order chi connectivity index (χ0) is 19.1. The van der Waals surface area contributed by atoms with Crippen LogP contribution in [0.1, 0.15) is 23.6 Å². The highest BCUT2D eigenvalue weighted by molar-refractivity contribution is 7.98. The lowest BCUT2D eigenvalue weighted by Gasteiger charge is -2.15. The number of carbonyl (C=O) groups is 1. The van der Waals surface area contributed by atoms with E-state index in [2.05, 4.69) is 5.32 Å². The van der Waals surface area contributed by atoms with Crippen molar-refractivity contribution in [1.82, 2.24) is 5.32 Å². The molecule has 140 valence electrons. The van der Waals surface area contributed by atoms with E-state index in [4.69, 9.17) is 27.9 Å². The maximum absolute atomic E-state index is 12.2. The maximum atomic E-state index is 12.2. The van der Waals surface area contributed by atoms with E-state index in [1.807, 2.05) is 50.2 Å². The summed E-state index contributed by atoms with van der Waals surface area (Å²) in [6, 6.07) is 11.3. The zero-order valence-corrected chi connectivity index (χ0v) is 17.5. The second-order valence-electron chi connectivity index (χ2n) is 6.05. The molecule has 0 bridgehead atoms. The summed E-state index contributed by atoms with van der Waals surface area (Å²) in [5.74, 6) is 2.06. The number of halogens is 2. The van der Waals surface area contributed by atoms with E-state index < -0.39 is 6.10 Å².